The maximum Gasteiger partial charge on any atom is 0.270 e. The molecule has 0 aliphatic heterocycles. The van der Waals surface area contributed by atoms with Gasteiger partial charge in [-0.05, 0) is 19.1 Å². The number of anilines is 1. The third kappa shape index (κ3) is 3.35. The molecule has 23 heavy (non-hydrogen) atoms. The molecule has 0 bridgehead atoms. The molecule has 0 saturated heterocycles. The molecule has 0 spiro atoms. The molecular weight excluding hydrogens is 298 g/mol. The molecule has 1 N–H and O–H groups in total. The highest BCUT2D eigenvalue weighted by molar-refractivity contribution is 5.89. The van der Waals surface area contributed by atoms with Gasteiger partial charge in [-0.15, -0.1) is 0 Å². The number of carbonyl (C=O) groups is 1. The number of non-ortho nitro benzene ring substituents is 1. The van der Waals surface area contributed by atoms with Crippen molar-refractivity contribution in [3.63, 3.8) is 0 Å². The molecule has 0 radical (unpaired) electrons. The first-order chi connectivity index (χ1) is 10.8. The van der Waals surface area contributed by atoms with E-state index in [0.29, 0.717) is 16.7 Å². The van der Waals surface area contributed by atoms with Gasteiger partial charge < -0.3 is 10.2 Å². The zero-order chi connectivity index (χ0) is 17.1. The predicted molar refractivity (Wildman–Crippen MR) is 84.9 cm³/mol. The number of fused-ring (bicyclic) bond motifs is 1. The summed E-state index contributed by atoms with van der Waals surface area (Å²) in [6.07, 6.45) is 0. The lowest BCUT2D eigenvalue weighted by Gasteiger charge is -2.18. The maximum atomic E-state index is 11.9. The van der Waals surface area contributed by atoms with Crippen molar-refractivity contribution < 1.29 is 9.72 Å². The van der Waals surface area contributed by atoms with Crippen LogP contribution in [0.2, 0.25) is 0 Å². The number of benzene rings is 1. The molecule has 0 unspecified atom stereocenters. The number of nitro benzene ring substituents is 1. The summed E-state index contributed by atoms with van der Waals surface area (Å²) in [5.41, 5.74) is 0.597. The minimum absolute atomic E-state index is 0.104. The van der Waals surface area contributed by atoms with Crippen LogP contribution < -0.4 is 5.32 Å². The highest BCUT2D eigenvalue weighted by atomic mass is 16.6. The Morgan fingerprint density at radius 1 is 1.43 bits per heavy atom. The van der Waals surface area contributed by atoms with Gasteiger partial charge in [0, 0.05) is 31.6 Å². The van der Waals surface area contributed by atoms with Crippen molar-refractivity contribution in [1.29, 1.82) is 5.26 Å². The van der Waals surface area contributed by atoms with Crippen LogP contribution in [0.25, 0.3) is 10.9 Å². The number of nitro groups is 1. The van der Waals surface area contributed by atoms with Crippen LogP contribution in [0.3, 0.4) is 0 Å². The summed E-state index contributed by atoms with van der Waals surface area (Å²) >= 11 is 0. The third-order valence-corrected chi connectivity index (χ3v) is 3.30. The van der Waals surface area contributed by atoms with Crippen molar-refractivity contribution in [2.45, 2.75) is 13.0 Å². The number of likely N-dealkylation sites (N-methyl/N-ethyl adjacent to an activating group) is 1. The number of hydrogen-bond acceptors (Lipinski definition) is 6. The summed E-state index contributed by atoms with van der Waals surface area (Å²) < 4.78 is 0. The van der Waals surface area contributed by atoms with Crippen molar-refractivity contribution >= 4 is 28.3 Å². The Hall–Kier alpha value is -3.21. The van der Waals surface area contributed by atoms with Crippen LogP contribution in [-0.2, 0) is 4.79 Å². The van der Waals surface area contributed by atoms with Crippen LogP contribution in [0.1, 0.15) is 12.5 Å². The summed E-state index contributed by atoms with van der Waals surface area (Å²) in [5.74, 6) is 0.236. The first-order valence-corrected chi connectivity index (χ1v) is 6.80. The van der Waals surface area contributed by atoms with Gasteiger partial charge in [-0.3, -0.25) is 14.9 Å². The Balaban J connectivity index is 2.45. The molecule has 2 aromatic rings. The van der Waals surface area contributed by atoms with Gasteiger partial charge in [0.05, 0.1) is 22.1 Å². The first kappa shape index (κ1) is 16.2. The molecule has 118 valence electrons. The lowest BCUT2D eigenvalue weighted by atomic mass is 10.1. The van der Waals surface area contributed by atoms with E-state index in [1.807, 2.05) is 6.07 Å². The van der Waals surface area contributed by atoms with E-state index in [4.69, 9.17) is 0 Å². The van der Waals surface area contributed by atoms with Crippen molar-refractivity contribution in [3.05, 3.63) is 39.9 Å². The molecule has 0 aliphatic rings. The van der Waals surface area contributed by atoms with E-state index < -0.39 is 11.0 Å². The normalized spacial score (nSPS) is 11.6. The number of nitriles is 1. The van der Waals surface area contributed by atoms with Crippen LogP contribution in [0, 0.1) is 21.4 Å². The second-order valence-corrected chi connectivity index (χ2v) is 5.22. The van der Waals surface area contributed by atoms with Crippen LogP contribution in [0.4, 0.5) is 11.5 Å². The second-order valence-electron chi connectivity index (χ2n) is 5.22. The number of aromatic nitrogens is 1. The number of pyridine rings is 1. The monoisotopic (exact) mass is 313 g/mol. The number of rotatable bonds is 4. The summed E-state index contributed by atoms with van der Waals surface area (Å²) in [6, 6.07) is 7.10. The standard InChI is InChI=1S/C15H15N5O3/c1-9(15(21)19(2)3)17-14-6-10(8-16)12-7-11(20(22)23)4-5-13(12)18-14/h4-7,9H,1-3H3,(H,17,18)/t9-/m0/s1. The summed E-state index contributed by atoms with van der Waals surface area (Å²) in [7, 11) is 3.29. The lowest BCUT2D eigenvalue weighted by molar-refractivity contribution is -0.384. The third-order valence-electron chi connectivity index (χ3n) is 3.30. The molecule has 0 fully saturated rings. The van der Waals surface area contributed by atoms with E-state index in [2.05, 4.69) is 10.3 Å². The van der Waals surface area contributed by atoms with E-state index in [-0.39, 0.29) is 17.2 Å². The summed E-state index contributed by atoms with van der Waals surface area (Å²) in [4.78, 5) is 28.0. The maximum absolute atomic E-state index is 11.9. The Bertz CT molecular complexity index is 826. The second kappa shape index (κ2) is 6.27. The SMILES string of the molecule is C[C@H](Nc1cc(C#N)c2cc([N+](=O)[O-])ccc2n1)C(=O)N(C)C. The summed E-state index contributed by atoms with van der Waals surface area (Å²) in [5, 5.41) is 23.5. The first-order valence-electron chi connectivity index (χ1n) is 6.80. The average Bonchev–Trinajstić information content (AvgIpc) is 2.52. The van der Waals surface area contributed by atoms with E-state index in [1.54, 1.807) is 21.0 Å². The fourth-order valence-electron chi connectivity index (χ4n) is 2.16. The Labute approximate surface area is 132 Å². The molecule has 1 aromatic carbocycles. The molecule has 1 aromatic heterocycles. The molecule has 1 amide bonds. The van der Waals surface area contributed by atoms with Gasteiger partial charge in [0.1, 0.15) is 11.9 Å². The minimum Gasteiger partial charge on any atom is -0.359 e. The molecule has 0 saturated carbocycles. The topological polar surface area (TPSA) is 112 Å². The lowest BCUT2D eigenvalue weighted by Crippen LogP contribution is -2.36. The predicted octanol–water partition coefficient (Wildman–Crippen LogP) is 1.90. The minimum atomic E-state index is -0.523. The number of hydrogen-bond donors (Lipinski definition) is 1. The molecule has 2 rings (SSSR count). The number of nitrogens with one attached hydrogen (secondary N) is 1. The molecule has 1 atom stereocenters. The largest absolute Gasteiger partial charge is 0.359 e. The Kier molecular flexibility index (Phi) is 4.41. The van der Waals surface area contributed by atoms with Gasteiger partial charge in [-0.2, -0.15) is 5.26 Å². The summed E-state index contributed by atoms with van der Waals surface area (Å²) in [6.45, 7) is 1.69. The van der Waals surface area contributed by atoms with Gasteiger partial charge in [0.15, 0.2) is 0 Å². The van der Waals surface area contributed by atoms with E-state index in [0.717, 1.165) is 0 Å². The molecular formula is C15H15N5O3. The van der Waals surface area contributed by atoms with Crippen molar-refractivity contribution in [2.75, 3.05) is 19.4 Å². The highest BCUT2D eigenvalue weighted by Crippen LogP contribution is 2.25. The fraction of sp³-hybridized carbons (Fsp3) is 0.267. The zero-order valence-electron chi connectivity index (χ0n) is 12.9. The highest BCUT2D eigenvalue weighted by Gasteiger charge is 2.17. The fourth-order valence-corrected chi connectivity index (χ4v) is 2.16. The van der Waals surface area contributed by atoms with Crippen LogP contribution in [0.15, 0.2) is 24.3 Å². The molecule has 8 nitrogen and oxygen atoms in total. The van der Waals surface area contributed by atoms with Crippen LogP contribution in [-0.4, -0.2) is 40.9 Å². The van der Waals surface area contributed by atoms with Crippen molar-refractivity contribution in [1.82, 2.24) is 9.88 Å². The Morgan fingerprint density at radius 2 is 2.13 bits per heavy atom. The average molecular weight is 313 g/mol. The quantitative estimate of drug-likeness (QED) is 0.681. The van der Waals surface area contributed by atoms with Gasteiger partial charge >= 0.3 is 0 Å². The molecule has 0 aliphatic carbocycles. The van der Waals surface area contributed by atoms with Crippen molar-refractivity contribution in [3.8, 4) is 6.07 Å². The Morgan fingerprint density at radius 3 is 2.70 bits per heavy atom. The van der Waals surface area contributed by atoms with E-state index in [9.17, 15) is 20.2 Å². The van der Waals surface area contributed by atoms with E-state index in [1.165, 1.54) is 29.2 Å². The van der Waals surface area contributed by atoms with Gasteiger partial charge in [0.2, 0.25) is 5.91 Å². The smallest absolute Gasteiger partial charge is 0.270 e. The van der Waals surface area contributed by atoms with Crippen molar-refractivity contribution in [2.24, 2.45) is 0 Å². The molecule has 1 heterocycles. The van der Waals surface area contributed by atoms with Gasteiger partial charge in [-0.1, -0.05) is 0 Å². The van der Waals surface area contributed by atoms with Gasteiger partial charge in [-0.25, -0.2) is 4.98 Å². The van der Waals surface area contributed by atoms with Crippen LogP contribution in [0.5, 0.6) is 0 Å². The zero-order valence-corrected chi connectivity index (χ0v) is 12.9. The van der Waals surface area contributed by atoms with Crippen LogP contribution >= 0.6 is 0 Å². The number of nitrogens with zero attached hydrogens (tertiary/aromatic N) is 4. The van der Waals surface area contributed by atoms with Gasteiger partial charge in [0.25, 0.3) is 5.69 Å². The van der Waals surface area contributed by atoms with E-state index >= 15 is 0 Å². The number of amides is 1. The molecule has 8 heteroatoms. The number of carbonyl (C=O) groups excluding carboxylic acids is 1.